The molecular weight excluding hydrogens is 512 g/mol. The van der Waals surface area contributed by atoms with Crippen molar-refractivity contribution in [3.05, 3.63) is 46.6 Å². The van der Waals surface area contributed by atoms with E-state index in [4.69, 9.17) is 13.1 Å². The van der Waals surface area contributed by atoms with Gasteiger partial charge in [0.15, 0.2) is 0 Å². The quantitative estimate of drug-likeness (QED) is 0.290. The summed E-state index contributed by atoms with van der Waals surface area (Å²) < 4.78 is 0. The van der Waals surface area contributed by atoms with E-state index in [0.717, 1.165) is 48.7 Å². The van der Waals surface area contributed by atoms with Gasteiger partial charge in [0.2, 0.25) is 23.3 Å². The van der Waals surface area contributed by atoms with Gasteiger partial charge in [0, 0.05) is 43.9 Å². The third-order valence-electron chi connectivity index (χ3n) is 8.33. The summed E-state index contributed by atoms with van der Waals surface area (Å²) in [6.07, 6.45) is 13.4. The molecule has 4 rings (SSSR count). The first kappa shape index (κ1) is 32.2. The molecule has 0 spiro atoms. The minimum Gasteiger partial charge on any atom is -0.354 e. The van der Waals surface area contributed by atoms with Crippen LogP contribution in [0.25, 0.3) is 9.69 Å². The average Bonchev–Trinajstić information content (AvgIpc) is 2.97. The fourth-order valence-electron chi connectivity index (χ4n) is 5.41. The van der Waals surface area contributed by atoms with Gasteiger partial charge >= 0.3 is 0 Å². The number of nitrogens with one attached hydrogen (secondary N) is 1. The molecule has 4 heterocycles. The predicted molar refractivity (Wildman–Crippen MR) is 167 cm³/mol. The van der Waals surface area contributed by atoms with Crippen LogP contribution < -0.4 is 10.2 Å². The van der Waals surface area contributed by atoms with Crippen LogP contribution in [-0.4, -0.2) is 90.1 Å². The Bertz CT molecular complexity index is 1150. The van der Waals surface area contributed by atoms with Crippen LogP contribution in [0.5, 0.6) is 0 Å². The van der Waals surface area contributed by atoms with E-state index >= 15 is 0 Å². The Morgan fingerprint density at radius 3 is 1.85 bits per heavy atom. The first-order chi connectivity index (χ1) is 19.8. The van der Waals surface area contributed by atoms with Crippen LogP contribution in [0, 0.1) is 38.8 Å². The normalized spacial score (nSPS) is 16.8. The second-order valence-corrected chi connectivity index (χ2v) is 11.7. The summed E-state index contributed by atoms with van der Waals surface area (Å²) in [4.78, 5) is 30.8. The SMILES string of the molecule is [C-]#[N+]c1cnc(N(C)CCCC2CCN(C)CC2)nc1C.[C-]#[N+]c1cnc(NCCCC2CCN(C)CC2)nc1C. The van der Waals surface area contributed by atoms with Gasteiger partial charge in [0.1, 0.15) is 0 Å². The highest BCUT2D eigenvalue weighted by Gasteiger charge is 2.17. The molecule has 41 heavy (non-hydrogen) atoms. The summed E-state index contributed by atoms with van der Waals surface area (Å²) in [6, 6.07) is 0. The topological polar surface area (TPSA) is 82.0 Å². The Balaban J connectivity index is 0.000000226. The van der Waals surface area contributed by atoms with Crippen molar-refractivity contribution in [2.75, 3.05) is 70.6 Å². The smallest absolute Gasteiger partial charge is 0.225 e. The minimum absolute atomic E-state index is 0.530. The summed E-state index contributed by atoms with van der Waals surface area (Å²) in [5.74, 6) is 3.11. The highest BCUT2D eigenvalue weighted by molar-refractivity contribution is 5.49. The van der Waals surface area contributed by atoms with E-state index in [0.29, 0.717) is 17.3 Å². The molecule has 2 aliphatic heterocycles. The number of aryl methyl sites for hydroxylation is 2. The fourth-order valence-corrected chi connectivity index (χ4v) is 5.41. The lowest BCUT2D eigenvalue weighted by Gasteiger charge is -2.29. The Morgan fingerprint density at radius 2 is 1.34 bits per heavy atom. The van der Waals surface area contributed by atoms with Crippen LogP contribution in [0.1, 0.15) is 62.8 Å². The molecule has 2 aromatic heterocycles. The van der Waals surface area contributed by atoms with E-state index in [1.165, 1.54) is 71.1 Å². The van der Waals surface area contributed by atoms with Gasteiger partial charge in [-0.15, -0.1) is 0 Å². The molecule has 2 fully saturated rings. The zero-order valence-electron chi connectivity index (χ0n) is 25.7. The maximum atomic E-state index is 7.03. The molecule has 2 aliphatic rings. The molecule has 2 saturated heterocycles. The van der Waals surface area contributed by atoms with Crippen molar-refractivity contribution in [1.82, 2.24) is 29.7 Å². The first-order valence-corrected chi connectivity index (χ1v) is 15.0. The van der Waals surface area contributed by atoms with E-state index in [1.54, 1.807) is 12.4 Å². The predicted octanol–water partition coefficient (Wildman–Crippen LogP) is 5.76. The lowest BCUT2D eigenvalue weighted by Crippen LogP contribution is -2.30. The molecule has 0 radical (unpaired) electrons. The maximum absolute atomic E-state index is 7.03. The zero-order valence-corrected chi connectivity index (χ0v) is 25.7. The van der Waals surface area contributed by atoms with Crippen molar-refractivity contribution >= 4 is 23.3 Å². The summed E-state index contributed by atoms with van der Waals surface area (Å²) in [7, 11) is 6.43. The number of piperidine rings is 2. The Labute approximate surface area is 247 Å². The standard InChI is InChI=1S/C16H25N5.C15H23N5/c1-13-15(17-2)12-18-16(19-13)21(4)9-5-6-14-7-10-20(3)11-8-14;1-12-14(16-2)11-18-15(19-12)17-8-4-5-13-6-9-20(3)10-7-13/h12,14H,5-11H2,1,3-4H3;11,13H,4-10H2,1,3H3,(H,17,18,19). The van der Waals surface area contributed by atoms with E-state index in [2.05, 4.69) is 63.7 Å². The van der Waals surface area contributed by atoms with Crippen molar-refractivity contribution in [3.8, 4) is 0 Å². The number of hydrogen-bond donors (Lipinski definition) is 1. The summed E-state index contributed by atoms with van der Waals surface area (Å²) >= 11 is 0. The van der Waals surface area contributed by atoms with Crippen LogP contribution in [-0.2, 0) is 0 Å². The van der Waals surface area contributed by atoms with Gasteiger partial charge in [-0.3, -0.25) is 0 Å². The van der Waals surface area contributed by atoms with Gasteiger partial charge in [0.05, 0.1) is 13.1 Å². The third-order valence-corrected chi connectivity index (χ3v) is 8.33. The van der Waals surface area contributed by atoms with Crippen molar-refractivity contribution < 1.29 is 0 Å². The maximum Gasteiger partial charge on any atom is 0.225 e. The second kappa shape index (κ2) is 16.8. The minimum atomic E-state index is 0.530. The van der Waals surface area contributed by atoms with Crippen molar-refractivity contribution in [2.24, 2.45) is 11.8 Å². The molecule has 2 aromatic rings. The molecule has 0 aromatic carbocycles. The number of hydrogen-bond acceptors (Lipinski definition) is 8. The molecule has 0 unspecified atom stereocenters. The molecule has 222 valence electrons. The first-order valence-electron chi connectivity index (χ1n) is 15.0. The molecule has 0 amide bonds. The molecule has 0 atom stereocenters. The van der Waals surface area contributed by atoms with Crippen molar-refractivity contribution in [2.45, 2.75) is 65.2 Å². The Morgan fingerprint density at radius 1 is 0.829 bits per heavy atom. The van der Waals surface area contributed by atoms with Crippen LogP contribution in [0.4, 0.5) is 23.3 Å². The molecule has 0 aliphatic carbocycles. The fraction of sp³-hybridized carbons (Fsp3) is 0.677. The third kappa shape index (κ3) is 10.9. The number of nitrogens with zero attached hydrogens (tertiary/aromatic N) is 9. The van der Waals surface area contributed by atoms with Crippen LogP contribution in [0.15, 0.2) is 12.4 Å². The second-order valence-electron chi connectivity index (χ2n) is 11.7. The highest BCUT2D eigenvalue weighted by Crippen LogP contribution is 2.23. The number of anilines is 2. The van der Waals surface area contributed by atoms with Crippen molar-refractivity contribution in [1.29, 1.82) is 0 Å². The largest absolute Gasteiger partial charge is 0.354 e. The van der Waals surface area contributed by atoms with Gasteiger partial charge in [-0.1, -0.05) is 0 Å². The van der Waals surface area contributed by atoms with E-state index in [9.17, 15) is 0 Å². The van der Waals surface area contributed by atoms with Gasteiger partial charge in [-0.05, 0) is 117 Å². The van der Waals surface area contributed by atoms with Crippen LogP contribution in [0.3, 0.4) is 0 Å². The van der Waals surface area contributed by atoms with Crippen LogP contribution in [0.2, 0.25) is 0 Å². The molecular formula is C31H48N10. The molecule has 10 heteroatoms. The van der Waals surface area contributed by atoms with Gasteiger partial charge in [0.25, 0.3) is 0 Å². The lowest BCUT2D eigenvalue weighted by atomic mass is 9.92. The Hall–Kier alpha value is -3.34. The van der Waals surface area contributed by atoms with Gasteiger partial charge < -0.3 is 20.0 Å². The summed E-state index contributed by atoms with van der Waals surface area (Å²) in [5, 5.41) is 3.25. The number of rotatable bonds is 10. The Kier molecular flexibility index (Phi) is 13.2. The summed E-state index contributed by atoms with van der Waals surface area (Å²) in [6.45, 7) is 24.5. The zero-order chi connectivity index (χ0) is 29.6. The summed E-state index contributed by atoms with van der Waals surface area (Å²) in [5.41, 5.74) is 2.57. The van der Waals surface area contributed by atoms with E-state index in [1.807, 2.05) is 20.9 Å². The number of likely N-dealkylation sites (tertiary alicyclic amines) is 2. The highest BCUT2D eigenvalue weighted by atomic mass is 15.2. The molecule has 1 N–H and O–H groups in total. The molecule has 10 nitrogen and oxygen atoms in total. The number of aromatic nitrogens is 4. The van der Waals surface area contributed by atoms with Gasteiger partial charge in [-0.25, -0.2) is 29.6 Å². The van der Waals surface area contributed by atoms with E-state index < -0.39 is 0 Å². The lowest BCUT2D eigenvalue weighted by molar-refractivity contribution is 0.211. The van der Waals surface area contributed by atoms with Gasteiger partial charge in [-0.2, -0.15) is 0 Å². The van der Waals surface area contributed by atoms with E-state index in [-0.39, 0.29) is 0 Å². The average molecular weight is 561 g/mol. The molecule has 0 saturated carbocycles. The van der Waals surface area contributed by atoms with Crippen molar-refractivity contribution in [3.63, 3.8) is 0 Å². The monoisotopic (exact) mass is 560 g/mol. The molecule has 0 bridgehead atoms. The van der Waals surface area contributed by atoms with Crippen LogP contribution >= 0.6 is 0 Å².